The topological polar surface area (TPSA) is 63.6 Å². The lowest BCUT2D eigenvalue weighted by Gasteiger charge is -2.37. The Morgan fingerprint density at radius 3 is 2.24 bits per heavy atom. The number of esters is 1. The highest BCUT2D eigenvalue weighted by molar-refractivity contribution is 5.81. The maximum absolute atomic E-state index is 13.1. The highest BCUT2D eigenvalue weighted by atomic mass is 16.5. The second kappa shape index (κ2) is 10.8. The molecular weight excluding hydrogens is 364 g/mol. The van der Waals surface area contributed by atoms with Crippen molar-refractivity contribution >= 4 is 11.9 Å². The van der Waals surface area contributed by atoms with E-state index in [-0.39, 0.29) is 17.5 Å². The first-order valence-electron chi connectivity index (χ1n) is 12.0. The predicted molar refractivity (Wildman–Crippen MR) is 117 cm³/mol. The van der Waals surface area contributed by atoms with Crippen molar-refractivity contribution in [2.75, 3.05) is 0 Å². The summed E-state index contributed by atoms with van der Waals surface area (Å²) in [5.74, 6) is -0.534. The number of ether oxygens (including phenoxy) is 1. The number of rotatable bonds is 8. The fraction of sp³-hybridized carbons (Fsp3) is 0.920. The minimum Gasteiger partial charge on any atom is -0.481 e. The Labute approximate surface area is 178 Å². The van der Waals surface area contributed by atoms with Gasteiger partial charge in [-0.05, 0) is 68.1 Å². The molecule has 4 atom stereocenters. The van der Waals surface area contributed by atoms with Crippen LogP contribution in [0.25, 0.3) is 0 Å². The third-order valence-corrected chi connectivity index (χ3v) is 7.29. The number of carbonyl (C=O) groups excluding carboxylic acids is 1. The van der Waals surface area contributed by atoms with E-state index in [0.29, 0.717) is 24.7 Å². The van der Waals surface area contributed by atoms with Crippen LogP contribution in [-0.4, -0.2) is 23.1 Å². The predicted octanol–water partition coefficient (Wildman–Crippen LogP) is 6.47. The van der Waals surface area contributed by atoms with Gasteiger partial charge in [-0.3, -0.25) is 9.59 Å². The molecule has 29 heavy (non-hydrogen) atoms. The molecule has 0 bridgehead atoms. The first kappa shape index (κ1) is 24.2. The van der Waals surface area contributed by atoms with Crippen LogP contribution >= 0.6 is 0 Å². The van der Waals surface area contributed by atoms with Gasteiger partial charge in [-0.2, -0.15) is 0 Å². The SMILES string of the molecule is CCCC1CCC(C(CCC(C)(C)C)OC(=O)C2CCC(C)CC2C(=O)O)CC1. The van der Waals surface area contributed by atoms with Crippen LogP contribution in [0.4, 0.5) is 0 Å². The third kappa shape index (κ3) is 7.61. The van der Waals surface area contributed by atoms with E-state index < -0.39 is 17.8 Å². The molecule has 168 valence electrons. The molecule has 0 heterocycles. The lowest BCUT2D eigenvalue weighted by molar-refractivity contribution is -0.167. The van der Waals surface area contributed by atoms with E-state index in [2.05, 4.69) is 34.6 Å². The van der Waals surface area contributed by atoms with E-state index in [4.69, 9.17) is 4.74 Å². The van der Waals surface area contributed by atoms with Gasteiger partial charge < -0.3 is 9.84 Å². The molecule has 0 aromatic carbocycles. The molecule has 4 unspecified atom stereocenters. The van der Waals surface area contributed by atoms with Crippen LogP contribution < -0.4 is 0 Å². The molecule has 0 amide bonds. The van der Waals surface area contributed by atoms with Crippen molar-refractivity contribution in [3.8, 4) is 0 Å². The van der Waals surface area contributed by atoms with Gasteiger partial charge in [0.25, 0.3) is 0 Å². The summed E-state index contributed by atoms with van der Waals surface area (Å²) in [6.45, 7) is 11.0. The number of hydrogen-bond acceptors (Lipinski definition) is 3. The minimum absolute atomic E-state index is 0.0573. The van der Waals surface area contributed by atoms with Gasteiger partial charge in [0.2, 0.25) is 0 Å². The molecule has 4 nitrogen and oxygen atoms in total. The second-order valence-electron chi connectivity index (χ2n) is 11.1. The van der Waals surface area contributed by atoms with Crippen molar-refractivity contribution in [2.45, 2.75) is 111 Å². The Morgan fingerprint density at radius 2 is 1.69 bits per heavy atom. The molecule has 4 heteroatoms. The summed E-state index contributed by atoms with van der Waals surface area (Å²) >= 11 is 0. The molecule has 2 rings (SSSR count). The van der Waals surface area contributed by atoms with Gasteiger partial charge in [-0.15, -0.1) is 0 Å². The van der Waals surface area contributed by atoms with Crippen LogP contribution in [0.1, 0.15) is 105 Å². The van der Waals surface area contributed by atoms with Gasteiger partial charge in [0.15, 0.2) is 0 Å². The second-order valence-corrected chi connectivity index (χ2v) is 11.1. The van der Waals surface area contributed by atoms with Gasteiger partial charge in [0.05, 0.1) is 11.8 Å². The van der Waals surface area contributed by atoms with E-state index in [1.807, 2.05) is 0 Å². The zero-order valence-electron chi connectivity index (χ0n) is 19.4. The number of carbonyl (C=O) groups is 2. The molecule has 0 aliphatic heterocycles. The van der Waals surface area contributed by atoms with E-state index in [1.54, 1.807) is 0 Å². The highest BCUT2D eigenvalue weighted by Gasteiger charge is 2.41. The summed E-state index contributed by atoms with van der Waals surface area (Å²) < 4.78 is 6.13. The smallest absolute Gasteiger partial charge is 0.310 e. The number of carboxylic acid groups (broad SMARTS) is 1. The molecule has 0 saturated heterocycles. The van der Waals surface area contributed by atoms with Gasteiger partial charge in [0.1, 0.15) is 6.10 Å². The van der Waals surface area contributed by atoms with Gasteiger partial charge in [-0.25, -0.2) is 0 Å². The standard InChI is InChI=1S/C25H44O4/c1-6-7-18-9-11-19(12-10-18)22(14-15-25(3,4)5)29-24(28)20-13-8-17(2)16-21(20)23(26)27/h17-22H,6-16H2,1-5H3,(H,26,27). The van der Waals surface area contributed by atoms with Crippen LogP contribution in [0.15, 0.2) is 0 Å². The monoisotopic (exact) mass is 408 g/mol. The Morgan fingerprint density at radius 1 is 1.03 bits per heavy atom. The van der Waals surface area contributed by atoms with Gasteiger partial charge in [-0.1, -0.05) is 60.3 Å². The Kier molecular flexibility index (Phi) is 9.03. The number of carboxylic acids is 1. The molecule has 2 fully saturated rings. The first-order valence-corrected chi connectivity index (χ1v) is 12.0. The van der Waals surface area contributed by atoms with E-state index in [9.17, 15) is 14.7 Å². The lowest BCUT2D eigenvalue weighted by atomic mass is 9.74. The molecule has 0 spiro atoms. The van der Waals surface area contributed by atoms with Crippen molar-refractivity contribution in [3.63, 3.8) is 0 Å². The van der Waals surface area contributed by atoms with Crippen LogP contribution in [-0.2, 0) is 14.3 Å². The summed E-state index contributed by atoms with van der Waals surface area (Å²) in [7, 11) is 0. The molecule has 2 saturated carbocycles. The van der Waals surface area contributed by atoms with E-state index in [1.165, 1.54) is 25.7 Å². The maximum atomic E-state index is 13.1. The average molecular weight is 409 g/mol. The fourth-order valence-electron chi connectivity index (χ4n) is 5.40. The molecule has 0 aromatic heterocycles. The first-order chi connectivity index (χ1) is 13.6. The minimum atomic E-state index is -0.843. The third-order valence-electron chi connectivity index (χ3n) is 7.29. The molecular formula is C25H44O4. The molecule has 2 aliphatic carbocycles. The summed E-state index contributed by atoms with van der Waals surface area (Å²) in [6.07, 6.45) is 11.3. The highest BCUT2D eigenvalue weighted by Crippen LogP contribution is 2.39. The van der Waals surface area contributed by atoms with Crippen molar-refractivity contribution in [2.24, 2.45) is 35.0 Å². The summed E-state index contributed by atoms with van der Waals surface area (Å²) in [5.41, 5.74) is 0.202. The summed E-state index contributed by atoms with van der Waals surface area (Å²) in [5, 5.41) is 9.64. The van der Waals surface area contributed by atoms with Crippen molar-refractivity contribution in [1.82, 2.24) is 0 Å². The Bertz CT molecular complexity index is 527. The zero-order valence-corrected chi connectivity index (χ0v) is 19.4. The molecule has 2 aliphatic rings. The van der Waals surface area contributed by atoms with Crippen molar-refractivity contribution in [3.05, 3.63) is 0 Å². The maximum Gasteiger partial charge on any atom is 0.310 e. The fourth-order valence-corrected chi connectivity index (χ4v) is 5.40. The average Bonchev–Trinajstić information content (AvgIpc) is 2.65. The number of hydrogen-bond donors (Lipinski definition) is 1. The van der Waals surface area contributed by atoms with E-state index >= 15 is 0 Å². The van der Waals surface area contributed by atoms with Crippen molar-refractivity contribution < 1.29 is 19.4 Å². The molecule has 0 aromatic rings. The zero-order chi connectivity index (χ0) is 21.6. The Hall–Kier alpha value is -1.06. The normalized spacial score (nSPS) is 31.8. The lowest BCUT2D eigenvalue weighted by Crippen LogP contribution is -2.39. The number of aliphatic carboxylic acids is 1. The van der Waals surface area contributed by atoms with Crippen LogP contribution in [0, 0.1) is 35.0 Å². The van der Waals surface area contributed by atoms with E-state index in [0.717, 1.165) is 38.0 Å². The van der Waals surface area contributed by atoms with Crippen molar-refractivity contribution in [1.29, 1.82) is 0 Å². The van der Waals surface area contributed by atoms with Gasteiger partial charge in [0, 0.05) is 0 Å². The molecule has 1 N–H and O–H groups in total. The quantitative estimate of drug-likeness (QED) is 0.468. The largest absolute Gasteiger partial charge is 0.481 e. The van der Waals surface area contributed by atoms with Gasteiger partial charge >= 0.3 is 11.9 Å². The Balaban J connectivity index is 2.04. The van der Waals surface area contributed by atoms with Crippen LogP contribution in [0.2, 0.25) is 0 Å². The molecule has 0 radical (unpaired) electrons. The van der Waals surface area contributed by atoms with Crippen LogP contribution in [0.3, 0.4) is 0 Å². The van der Waals surface area contributed by atoms with Crippen LogP contribution in [0.5, 0.6) is 0 Å². The summed E-state index contributed by atoms with van der Waals surface area (Å²) in [4.78, 5) is 24.8. The summed E-state index contributed by atoms with van der Waals surface area (Å²) in [6, 6.07) is 0.